The van der Waals surface area contributed by atoms with Gasteiger partial charge in [0.25, 0.3) is 0 Å². The highest BCUT2D eigenvalue weighted by Crippen LogP contribution is 2.28. The number of nitrogens with zero attached hydrogens (tertiary/aromatic N) is 2. The second-order valence-corrected chi connectivity index (χ2v) is 5.62. The molecule has 2 heterocycles. The molecule has 1 saturated heterocycles. The van der Waals surface area contributed by atoms with Crippen LogP contribution in [0.3, 0.4) is 0 Å². The summed E-state index contributed by atoms with van der Waals surface area (Å²) in [5.74, 6) is 0. The van der Waals surface area contributed by atoms with Crippen molar-refractivity contribution in [3.8, 4) is 0 Å². The van der Waals surface area contributed by atoms with Crippen molar-refractivity contribution in [2.24, 2.45) is 0 Å². The van der Waals surface area contributed by atoms with Crippen molar-refractivity contribution in [2.75, 3.05) is 38.1 Å². The molecule has 0 bridgehead atoms. The van der Waals surface area contributed by atoms with Gasteiger partial charge in [-0.15, -0.1) is 0 Å². The first kappa shape index (κ1) is 12.0. The molecular formula is C15H23N3. The Morgan fingerprint density at radius 2 is 2.17 bits per heavy atom. The van der Waals surface area contributed by atoms with E-state index in [2.05, 4.69) is 47.3 Å². The van der Waals surface area contributed by atoms with Gasteiger partial charge in [-0.25, -0.2) is 0 Å². The summed E-state index contributed by atoms with van der Waals surface area (Å²) in [5.41, 5.74) is 4.53. The summed E-state index contributed by atoms with van der Waals surface area (Å²) < 4.78 is 0. The summed E-state index contributed by atoms with van der Waals surface area (Å²) in [6.07, 6.45) is 1.17. The first-order valence-electron chi connectivity index (χ1n) is 7.02. The van der Waals surface area contributed by atoms with Gasteiger partial charge >= 0.3 is 0 Å². The molecule has 0 spiro atoms. The van der Waals surface area contributed by atoms with Crippen molar-refractivity contribution >= 4 is 5.69 Å². The first-order chi connectivity index (χ1) is 8.75. The zero-order valence-corrected chi connectivity index (χ0v) is 11.4. The highest BCUT2D eigenvalue weighted by molar-refractivity contribution is 5.58. The van der Waals surface area contributed by atoms with Crippen LogP contribution >= 0.6 is 0 Å². The number of hydrogen-bond acceptors (Lipinski definition) is 3. The van der Waals surface area contributed by atoms with Crippen LogP contribution in [0.15, 0.2) is 18.2 Å². The average Bonchev–Trinajstić information content (AvgIpc) is 2.41. The Kier molecular flexibility index (Phi) is 3.27. The monoisotopic (exact) mass is 245 g/mol. The van der Waals surface area contributed by atoms with Crippen LogP contribution in [-0.4, -0.2) is 44.2 Å². The van der Waals surface area contributed by atoms with E-state index < -0.39 is 0 Å². The van der Waals surface area contributed by atoms with Crippen molar-refractivity contribution in [2.45, 2.75) is 25.9 Å². The van der Waals surface area contributed by atoms with E-state index in [0.29, 0.717) is 6.04 Å². The van der Waals surface area contributed by atoms with Gasteiger partial charge in [0.15, 0.2) is 0 Å². The number of rotatable bonds is 1. The fraction of sp³-hybridized carbons (Fsp3) is 0.600. The van der Waals surface area contributed by atoms with E-state index in [1.807, 2.05) is 0 Å². The molecule has 0 aromatic heterocycles. The number of likely N-dealkylation sites (N-methyl/N-ethyl adjacent to an activating group) is 1. The molecule has 1 aromatic carbocycles. The fourth-order valence-corrected chi connectivity index (χ4v) is 3.06. The van der Waals surface area contributed by atoms with Gasteiger partial charge in [-0.05, 0) is 44.1 Å². The maximum atomic E-state index is 3.50. The second-order valence-electron chi connectivity index (χ2n) is 5.62. The summed E-state index contributed by atoms with van der Waals surface area (Å²) in [6.45, 7) is 7.93. The number of fused-ring (bicyclic) bond motifs is 1. The van der Waals surface area contributed by atoms with Crippen LogP contribution in [0.2, 0.25) is 0 Å². The fourth-order valence-electron chi connectivity index (χ4n) is 3.06. The van der Waals surface area contributed by atoms with E-state index >= 15 is 0 Å². The summed E-state index contributed by atoms with van der Waals surface area (Å²) in [5, 5.41) is 3.50. The molecule has 1 N–H and O–H groups in total. The Morgan fingerprint density at radius 3 is 3.00 bits per heavy atom. The number of nitrogens with one attached hydrogen (secondary N) is 1. The quantitative estimate of drug-likeness (QED) is 0.808. The van der Waals surface area contributed by atoms with Crippen molar-refractivity contribution in [3.63, 3.8) is 0 Å². The molecular weight excluding hydrogens is 222 g/mol. The Morgan fingerprint density at radius 1 is 1.28 bits per heavy atom. The normalized spacial score (nSPS) is 25.0. The third-order valence-corrected chi connectivity index (χ3v) is 4.42. The Hall–Kier alpha value is -1.06. The Bertz CT molecular complexity index is 430. The molecule has 98 valence electrons. The lowest BCUT2D eigenvalue weighted by atomic mass is 9.98. The third kappa shape index (κ3) is 2.13. The maximum Gasteiger partial charge on any atom is 0.0415 e. The van der Waals surface area contributed by atoms with Crippen LogP contribution < -0.4 is 10.2 Å². The molecule has 2 aliphatic rings. The average molecular weight is 245 g/mol. The predicted molar refractivity (Wildman–Crippen MR) is 76.2 cm³/mol. The highest BCUT2D eigenvalue weighted by atomic mass is 15.3. The Balaban J connectivity index is 1.88. The molecule has 1 unspecified atom stereocenters. The van der Waals surface area contributed by atoms with Gasteiger partial charge in [0.2, 0.25) is 0 Å². The molecule has 1 fully saturated rings. The lowest BCUT2D eigenvalue weighted by Crippen LogP contribution is -2.50. The predicted octanol–water partition coefficient (Wildman–Crippen LogP) is 1.47. The van der Waals surface area contributed by atoms with Gasteiger partial charge in [0.1, 0.15) is 0 Å². The molecule has 3 nitrogen and oxygen atoms in total. The maximum absolute atomic E-state index is 3.50. The topological polar surface area (TPSA) is 18.5 Å². The number of hydrogen-bond donors (Lipinski definition) is 1. The lowest BCUT2D eigenvalue weighted by Gasteiger charge is -2.40. The van der Waals surface area contributed by atoms with Crippen LogP contribution in [0, 0.1) is 0 Å². The van der Waals surface area contributed by atoms with E-state index in [4.69, 9.17) is 0 Å². The second kappa shape index (κ2) is 4.90. The standard InChI is InChI=1S/C15H23N3/c1-12-11-18(9-8-17(12)2)15-5-3-4-13-6-7-16-10-14(13)15/h3-5,12,16H,6-11H2,1-2H3. The molecule has 2 aliphatic heterocycles. The van der Waals surface area contributed by atoms with E-state index in [9.17, 15) is 0 Å². The Labute approximate surface area is 110 Å². The smallest absolute Gasteiger partial charge is 0.0415 e. The largest absolute Gasteiger partial charge is 0.368 e. The number of piperazine rings is 1. The van der Waals surface area contributed by atoms with Crippen LogP contribution in [0.25, 0.3) is 0 Å². The summed E-state index contributed by atoms with van der Waals surface area (Å²) in [4.78, 5) is 5.01. The van der Waals surface area contributed by atoms with Crippen molar-refractivity contribution < 1.29 is 0 Å². The molecule has 18 heavy (non-hydrogen) atoms. The van der Waals surface area contributed by atoms with Gasteiger partial charge in [-0.2, -0.15) is 0 Å². The minimum atomic E-state index is 0.645. The van der Waals surface area contributed by atoms with E-state index in [1.165, 1.54) is 23.2 Å². The summed E-state index contributed by atoms with van der Waals surface area (Å²) in [7, 11) is 2.23. The van der Waals surface area contributed by atoms with Crippen LogP contribution in [0.5, 0.6) is 0 Å². The summed E-state index contributed by atoms with van der Waals surface area (Å²) in [6, 6.07) is 7.46. The minimum Gasteiger partial charge on any atom is -0.368 e. The van der Waals surface area contributed by atoms with Gasteiger partial charge < -0.3 is 15.1 Å². The number of anilines is 1. The SMILES string of the molecule is CC1CN(c2cccc3c2CNCC3)CCN1C. The van der Waals surface area contributed by atoms with E-state index in [1.54, 1.807) is 0 Å². The minimum absolute atomic E-state index is 0.645. The molecule has 1 atom stereocenters. The molecule has 0 aliphatic carbocycles. The van der Waals surface area contributed by atoms with E-state index in [-0.39, 0.29) is 0 Å². The van der Waals surface area contributed by atoms with Crippen LogP contribution in [0.1, 0.15) is 18.1 Å². The molecule has 0 radical (unpaired) electrons. The zero-order chi connectivity index (χ0) is 12.5. The van der Waals surface area contributed by atoms with E-state index in [0.717, 1.165) is 32.7 Å². The van der Waals surface area contributed by atoms with Gasteiger partial charge in [-0.1, -0.05) is 12.1 Å². The summed E-state index contributed by atoms with van der Waals surface area (Å²) >= 11 is 0. The van der Waals surface area contributed by atoms with Crippen LogP contribution in [-0.2, 0) is 13.0 Å². The lowest BCUT2D eigenvalue weighted by molar-refractivity contribution is 0.234. The number of benzene rings is 1. The van der Waals surface area contributed by atoms with Crippen molar-refractivity contribution in [3.05, 3.63) is 29.3 Å². The van der Waals surface area contributed by atoms with Crippen molar-refractivity contribution in [1.82, 2.24) is 10.2 Å². The van der Waals surface area contributed by atoms with Gasteiger partial charge in [-0.3, -0.25) is 0 Å². The van der Waals surface area contributed by atoms with Crippen LogP contribution in [0.4, 0.5) is 5.69 Å². The third-order valence-electron chi connectivity index (χ3n) is 4.42. The molecule has 1 aromatic rings. The molecule has 0 saturated carbocycles. The molecule has 3 heteroatoms. The van der Waals surface area contributed by atoms with Gasteiger partial charge in [0, 0.05) is 37.9 Å². The first-order valence-corrected chi connectivity index (χ1v) is 7.02. The molecule has 3 rings (SSSR count). The van der Waals surface area contributed by atoms with Crippen molar-refractivity contribution in [1.29, 1.82) is 0 Å². The highest BCUT2D eigenvalue weighted by Gasteiger charge is 2.23. The molecule has 0 amide bonds. The zero-order valence-electron chi connectivity index (χ0n) is 11.4. The van der Waals surface area contributed by atoms with Gasteiger partial charge in [0.05, 0.1) is 0 Å².